The van der Waals surface area contributed by atoms with Crippen LogP contribution in [0.25, 0.3) is 0 Å². The molecule has 1 fully saturated rings. The van der Waals surface area contributed by atoms with E-state index in [4.69, 9.17) is 5.73 Å². The van der Waals surface area contributed by atoms with Crippen LogP contribution in [0.3, 0.4) is 0 Å². The van der Waals surface area contributed by atoms with Gasteiger partial charge >= 0.3 is 0 Å². The van der Waals surface area contributed by atoms with Gasteiger partial charge in [-0.15, -0.1) is 0 Å². The van der Waals surface area contributed by atoms with Crippen LogP contribution in [0.4, 0.5) is 0 Å². The fourth-order valence-corrected chi connectivity index (χ4v) is 2.67. The summed E-state index contributed by atoms with van der Waals surface area (Å²) in [6, 6.07) is 6.37. The molecule has 1 aliphatic heterocycles. The summed E-state index contributed by atoms with van der Waals surface area (Å²) in [5, 5.41) is 0. The van der Waals surface area contributed by atoms with Crippen molar-refractivity contribution in [2.75, 3.05) is 19.6 Å². The Morgan fingerprint density at radius 1 is 1.47 bits per heavy atom. The van der Waals surface area contributed by atoms with E-state index >= 15 is 0 Å². The summed E-state index contributed by atoms with van der Waals surface area (Å²) in [5.74, 6) is 1.58. The number of hydrogen-bond acceptors (Lipinski definition) is 3. The van der Waals surface area contributed by atoms with E-state index in [9.17, 15) is 0 Å². The summed E-state index contributed by atoms with van der Waals surface area (Å²) in [6.07, 6.45) is 3.15. The first-order chi connectivity index (χ1) is 8.22. The number of likely N-dealkylation sites (tertiary alicyclic amines) is 1. The van der Waals surface area contributed by atoms with Crippen molar-refractivity contribution in [2.24, 2.45) is 17.6 Å². The largest absolute Gasteiger partial charge is 0.329 e. The van der Waals surface area contributed by atoms with Gasteiger partial charge in [-0.05, 0) is 36.9 Å². The van der Waals surface area contributed by atoms with Crippen molar-refractivity contribution in [1.29, 1.82) is 0 Å². The standard InChI is InChI=1S/C14H23N3/c1-11(2)12-6-8-17(10-12)14(9-15)13-5-3-4-7-16-13/h3-5,7,11-12,14H,6,8-10,15H2,1-2H3. The van der Waals surface area contributed by atoms with Crippen LogP contribution in [0.15, 0.2) is 24.4 Å². The maximum Gasteiger partial charge on any atom is 0.0644 e. The molecule has 17 heavy (non-hydrogen) atoms. The summed E-state index contributed by atoms with van der Waals surface area (Å²) >= 11 is 0. The highest BCUT2D eigenvalue weighted by Crippen LogP contribution is 2.29. The molecule has 94 valence electrons. The smallest absolute Gasteiger partial charge is 0.0644 e. The zero-order chi connectivity index (χ0) is 12.3. The lowest BCUT2D eigenvalue weighted by atomic mass is 9.95. The molecule has 2 atom stereocenters. The summed E-state index contributed by atoms with van der Waals surface area (Å²) in [6.45, 7) is 7.60. The Bertz CT molecular complexity index is 337. The van der Waals surface area contributed by atoms with E-state index in [0.717, 1.165) is 30.6 Å². The first-order valence-electron chi connectivity index (χ1n) is 6.57. The number of nitrogens with two attached hydrogens (primary N) is 1. The van der Waals surface area contributed by atoms with Crippen LogP contribution < -0.4 is 5.73 Å². The summed E-state index contributed by atoms with van der Waals surface area (Å²) in [7, 11) is 0. The molecule has 0 aromatic carbocycles. The maximum absolute atomic E-state index is 5.92. The van der Waals surface area contributed by atoms with Crippen LogP contribution in [0.5, 0.6) is 0 Å². The average Bonchev–Trinajstić information content (AvgIpc) is 2.81. The van der Waals surface area contributed by atoms with Crippen LogP contribution in [0.1, 0.15) is 32.0 Å². The van der Waals surface area contributed by atoms with Gasteiger partial charge in [0.25, 0.3) is 0 Å². The quantitative estimate of drug-likeness (QED) is 0.865. The molecule has 0 saturated carbocycles. The maximum atomic E-state index is 5.92. The van der Waals surface area contributed by atoms with Crippen molar-refractivity contribution >= 4 is 0 Å². The number of nitrogens with zero attached hydrogens (tertiary/aromatic N) is 2. The van der Waals surface area contributed by atoms with Crippen molar-refractivity contribution in [3.05, 3.63) is 30.1 Å². The normalized spacial score (nSPS) is 23.2. The van der Waals surface area contributed by atoms with Gasteiger partial charge in [0.2, 0.25) is 0 Å². The molecule has 0 spiro atoms. The molecule has 1 aromatic rings. The lowest BCUT2D eigenvalue weighted by molar-refractivity contribution is 0.228. The molecular formula is C14H23N3. The van der Waals surface area contributed by atoms with Crippen LogP contribution in [0.2, 0.25) is 0 Å². The fraction of sp³-hybridized carbons (Fsp3) is 0.643. The zero-order valence-corrected chi connectivity index (χ0v) is 10.8. The zero-order valence-electron chi connectivity index (χ0n) is 10.8. The minimum atomic E-state index is 0.292. The van der Waals surface area contributed by atoms with Crippen LogP contribution in [-0.2, 0) is 0 Å². The molecule has 2 N–H and O–H groups in total. The highest BCUT2D eigenvalue weighted by Gasteiger charge is 2.30. The molecular weight excluding hydrogens is 210 g/mol. The van der Waals surface area contributed by atoms with Gasteiger partial charge < -0.3 is 5.73 Å². The second-order valence-corrected chi connectivity index (χ2v) is 5.29. The SMILES string of the molecule is CC(C)C1CCN(C(CN)c2ccccn2)C1. The van der Waals surface area contributed by atoms with Crippen molar-refractivity contribution in [3.8, 4) is 0 Å². The molecule has 0 aliphatic carbocycles. The second-order valence-electron chi connectivity index (χ2n) is 5.29. The Labute approximate surface area is 104 Å². The van der Waals surface area contributed by atoms with E-state index in [1.54, 1.807) is 0 Å². The molecule has 0 bridgehead atoms. The molecule has 1 saturated heterocycles. The Morgan fingerprint density at radius 3 is 2.82 bits per heavy atom. The fourth-order valence-electron chi connectivity index (χ4n) is 2.67. The number of rotatable bonds is 4. The number of pyridine rings is 1. The van der Waals surface area contributed by atoms with E-state index in [1.807, 2.05) is 18.3 Å². The number of hydrogen-bond donors (Lipinski definition) is 1. The monoisotopic (exact) mass is 233 g/mol. The first-order valence-corrected chi connectivity index (χ1v) is 6.57. The highest BCUT2D eigenvalue weighted by molar-refractivity contribution is 5.10. The lowest BCUT2D eigenvalue weighted by Crippen LogP contribution is -2.33. The highest BCUT2D eigenvalue weighted by atomic mass is 15.2. The third-order valence-corrected chi connectivity index (χ3v) is 3.89. The third-order valence-electron chi connectivity index (χ3n) is 3.89. The summed E-state index contributed by atoms with van der Waals surface area (Å²) in [5.41, 5.74) is 7.04. The topological polar surface area (TPSA) is 42.1 Å². The summed E-state index contributed by atoms with van der Waals surface area (Å²) in [4.78, 5) is 6.94. The van der Waals surface area contributed by atoms with Crippen molar-refractivity contribution < 1.29 is 0 Å². The molecule has 2 heterocycles. The van der Waals surface area contributed by atoms with E-state index in [2.05, 4.69) is 29.8 Å². The first kappa shape index (κ1) is 12.5. The molecule has 0 amide bonds. The van der Waals surface area contributed by atoms with Crippen molar-refractivity contribution in [2.45, 2.75) is 26.3 Å². The van der Waals surface area contributed by atoms with E-state index in [0.29, 0.717) is 12.6 Å². The van der Waals surface area contributed by atoms with Gasteiger partial charge in [0.05, 0.1) is 11.7 Å². The van der Waals surface area contributed by atoms with Crippen LogP contribution in [0, 0.1) is 11.8 Å². The molecule has 2 unspecified atom stereocenters. The van der Waals surface area contributed by atoms with Crippen LogP contribution >= 0.6 is 0 Å². The average molecular weight is 233 g/mol. The Morgan fingerprint density at radius 2 is 2.29 bits per heavy atom. The molecule has 3 heteroatoms. The Hall–Kier alpha value is -0.930. The predicted molar refractivity (Wildman–Crippen MR) is 70.6 cm³/mol. The Balaban J connectivity index is 2.06. The van der Waals surface area contributed by atoms with Gasteiger partial charge in [-0.1, -0.05) is 19.9 Å². The second kappa shape index (κ2) is 5.61. The van der Waals surface area contributed by atoms with E-state index < -0.39 is 0 Å². The third kappa shape index (κ3) is 2.85. The van der Waals surface area contributed by atoms with Gasteiger partial charge in [0.1, 0.15) is 0 Å². The Kier molecular flexibility index (Phi) is 4.13. The van der Waals surface area contributed by atoms with Gasteiger partial charge in [0.15, 0.2) is 0 Å². The molecule has 0 radical (unpaired) electrons. The minimum Gasteiger partial charge on any atom is -0.329 e. The van der Waals surface area contributed by atoms with E-state index in [1.165, 1.54) is 6.42 Å². The predicted octanol–water partition coefficient (Wildman–Crippen LogP) is 2.06. The van der Waals surface area contributed by atoms with Crippen LogP contribution in [-0.4, -0.2) is 29.5 Å². The molecule has 2 rings (SSSR count). The van der Waals surface area contributed by atoms with Gasteiger partial charge in [0, 0.05) is 19.3 Å². The molecule has 1 aromatic heterocycles. The van der Waals surface area contributed by atoms with Gasteiger partial charge in [-0.2, -0.15) is 0 Å². The van der Waals surface area contributed by atoms with Crippen molar-refractivity contribution in [1.82, 2.24) is 9.88 Å². The molecule has 1 aliphatic rings. The van der Waals surface area contributed by atoms with Crippen molar-refractivity contribution in [3.63, 3.8) is 0 Å². The molecule has 3 nitrogen and oxygen atoms in total. The van der Waals surface area contributed by atoms with E-state index in [-0.39, 0.29) is 0 Å². The van der Waals surface area contributed by atoms with Gasteiger partial charge in [-0.3, -0.25) is 9.88 Å². The van der Waals surface area contributed by atoms with Gasteiger partial charge in [-0.25, -0.2) is 0 Å². The number of aromatic nitrogens is 1. The summed E-state index contributed by atoms with van der Waals surface area (Å²) < 4.78 is 0. The minimum absolute atomic E-state index is 0.292. The lowest BCUT2D eigenvalue weighted by Gasteiger charge is -2.26.